The van der Waals surface area contributed by atoms with Crippen molar-refractivity contribution in [2.45, 2.75) is 13.5 Å². The molecule has 2 aromatic rings. The molecular weight excluding hydrogens is 489 g/mol. The van der Waals surface area contributed by atoms with Crippen LogP contribution in [0.4, 0.5) is 4.39 Å². The summed E-state index contributed by atoms with van der Waals surface area (Å²) < 4.78 is 26.0. The maximum atomic E-state index is 13.1. The first-order valence-electron chi connectivity index (χ1n) is 9.12. The second-order valence-electron chi connectivity index (χ2n) is 6.26. The molecule has 0 aromatic heterocycles. The summed E-state index contributed by atoms with van der Waals surface area (Å²) in [5.74, 6) is 0.646. The zero-order valence-corrected chi connectivity index (χ0v) is 19.4. The molecule has 0 aliphatic carbocycles. The molecule has 1 aliphatic heterocycles. The molecule has 1 fully saturated rings. The number of thiocarbonyl (C=S) groups is 1. The predicted molar refractivity (Wildman–Crippen MR) is 126 cm³/mol. The van der Waals surface area contributed by atoms with Crippen LogP contribution in [-0.2, 0) is 11.4 Å². The minimum atomic E-state index is -0.294. The lowest BCUT2D eigenvalue weighted by atomic mass is 10.1. The maximum Gasteiger partial charge on any atom is 0.266 e. The Morgan fingerprint density at radius 3 is 2.67 bits per heavy atom. The van der Waals surface area contributed by atoms with Gasteiger partial charge in [0.2, 0.25) is 0 Å². The van der Waals surface area contributed by atoms with Gasteiger partial charge in [0, 0.05) is 6.54 Å². The molecular formula is C22H19BrFNO3S2. The highest BCUT2D eigenvalue weighted by Crippen LogP contribution is 2.39. The third-order valence-electron chi connectivity index (χ3n) is 4.11. The van der Waals surface area contributed by atoms with Gasteiger partial charge in [-0.25, -0.2) is 4.39 Å². The zero-order chi connectivity index (χ0) is 21.7. The van der Waals surface area contributed by atoms with Crippen molar-refractivity contribution in [2.24, 2.45) is 0 Å². The second kappa shape index (κ2) is 10.2. The van der Waals surface area contributed by atoms with Crippen molar-refractivity contribution in [3.63, 3.8) is 0 Å². The van der Waals surface area contributed by atoms with Gasteiger partial charge in [-0.15, -0.1) is 6.58 Å². The lowest BCUT2D eigenvalue weighted by Crippen LogP contribution is -2.27. The molecule has 1 heterocycles. The molecule has 0 spiro atoms. The van der Waals surface area contributed by atoms with Crippen LogP contribution in [0.3, 0.4) is 0 Å². The fourth-order valence-electron chi connectivity index (χ4n) is 2.75. The minimum absolute atomic E-state index is 0.143. The third kappa shape index (κ3) is 5.30. The maximum absolute atomic E-state index is 13.1. The van der Waals surface area contributed by atoms with E-state index < -0.39 is 0 Å². The van der Waals surface area contributed by atoms with E-state index in [1.807, 2.05) is 19.1 Å². The van der Waals surface area contributed by atoms with Crippen molar-refractivity contribution in [1.82, 2.24) is 4.90 Å². The highest BCUT2D eigenvalue weighted by Gasteiger charge is 2.31. The number of carbonyl (C=O) groups is 1. The first-order valence-corrected chi connectivity index (χ1v) is 11.1. The Kier molecular flexibility index (Phi) is 7.69. The summed E-state index contributed by atoms with van der Waals surface area (Å²) in [4.78, 5) is 14.6. The summed E-state index contributed by atoms with van der Waals surface area (Å²) in [6, 6.07) is 9.79. The molecule has 4 nitrogen and oxygen atoms in total. The Bertz CT molecular complexity index is 1010. The van der Waals surface area contributed by atoms with Crippen LogP contribution in [0.1, 0.15) is 18.1 Å². The van der Waals surface area contributed by atoms with Crippen molar-refractivity contribution < 1.29 is 18.7 Å². The van der Waals surface area contributed by atoms with E-state index in [0.29, 0.717) is 38.3 Å². The molecule has 156 valence electrons. The quantitative estimate of drug-likeness (QED) is 0.250. The van der Waals surface area contributed by atoms with Crippen molar-refractivity contribution in [1.29, 1.82) is 0 Å². The lowest BCUT2D eigenvalue weighted by Gasteiger charge is -2.15. The van der Waals surface area contributed by atoms with Gasteiger partial charge in [0.15, 0.2) is 11.5 Å². The molecule has 0 radical (unpaired) electrons. The van der Waals surface area contributed by atoms with Crippen molar-refractivity contribution in [3.8, 4) is 11.5 Å². The van der Waals surface area contributed by atoms with E-state index in [4.69, 9.17) is 21.7 Å². The van der Waals surface area contributed by atoms with Gasteiger partial charge in [-0.3, -0.25) is 9.69 Å². The van der Waals surface area contributed by atoms with E-state index in [9.17, 15) is 9.18 Å². The van der Waals surface area contributed by atoms with Crippen LogP contribution in [0.2, 0.25) is 0 Å². The first kappa shape index (κ1) is 22.5. The van der Waals surface area contributed by atoms with Gasteiger partial charge < -0.3 is 9.47 Å². The van der Waals surface area contributed by atoms with Gasteiger partial charge in [-0.2, -0.15) is 0 Å². The number of hydrogen-bond acceptors (Lipinski definition) is 5. The lowest BCUT2D eigenvalue weighted by molar-refractivity contribution is -0.121. The molecule has 0 saturated carbocycles. The summed E-state index contributed by atoms with van der Waals surface area (Å²) in [6.45, 7) is 6.63. The van der Waals surface area contributed by atoms with Crippen LogP contribution >= 0.6 is 39.9 Å². The molecule has 30 heavy (non-hydrogen) atoms. The van der Waals surface area contributed by atoms with E-state index >= 15 is 0 Å². The van der Waals surface area contributed by atoms with Crippen LogP contribution in [0.15, 0.2) is 58.4 Å². The minimum Gasteiger partial charge on any atom is -0.490 e. The number of halogens is 2. The zero-order valence-electron chi connectivity index (χ0n) is 16.2. The standard InChI is InChI=1S/C22H19BrFNO3S2/c1-3-9-25-21(26)19(30-22(25)29)12-15-10-17(23)20(18(11-15)27-4-2)28-13-14-5-7-16(24)8-6-14/h3,5-8,10-12H,1,4,9,13H2,2H3/b19-12-. The van der Waals surface area contributed by atoms with E-state index in [1.54, 1.807) is 24.3 Å². The Labute approximate surface area is 192 Å². The molecule has 0 atom stereocenters. The Morgan fingerprint density at radius 2 is 2.00 bits per heavy atom. The van der Waals surface area contributed by atoms with Crippen LogP contribution < -0.4 is 9.47 Å². The van der Waals surface area contributed by atoms with E-state index in [0.717, 1.165) is 11.1 Å². The Morgan fingerprint density at radius 1 is 1.27 bits per heavy atom. The molecule has 3 rings (SSSR count). The first-order chi connectivity index (χ1) is 14.4. The van der Waals surface area contributed by atoms with E-state index in [2.05, 4.69) is 22.5 Å². The van der Waals surface area contributed by atoms with Gasteiger partial charge in [-0.1, -0.05) is 42.2 Å². The van der Waals surface area contributed by atoms with Gasteiger partial charge >= 0.3 is 0 Å². The van der Waals surface area contributed by atoms with Crippen molar-refractivity contribution in [2.75, 3.05) is 13.2 Å². The molecule has 2 aromatic carbocycles. The van der Waals surface area contributed by atoms with Gasteiger partial charge in [0.1, 0.15) is 16.7 Å². The van der Waals surface area contributed by atoms with Crippen LogP contribution in [0, 0.1) is 5.82 Å². The highest BCUT2D eigenvalue weighted by atomic mass is 79.9. The molecule has 1 amide bonds. The second-order valence-corrected chi connectivity index (χ2v) is 8.79. The number of carbonyl (C=O) groups excluding carboxylic acids is 1. The van der Waals surface area contributed by atoms with E-state index in [-0.39, 0.29) is 18.3 Å². The monoisotopic (exact) mass is 507 g/mol. The highest BCUT2D eigenvalue weighted by molar-refractivity contribution is 9.10. The topological polar surface area (TPSA) is 38.8 Å². The van der Waals surface area contributed by atoms with Crippen LogP contribution in [0.25, 0.3) is 6.08 Å². The number of thioether (sulfide) groups is 1. The van der Waals surface area contributed by atoms with Gasteiger partial charge in [0.25, 0.3) is 5.91 Å². The number of benzene rings is 2. The molecule has 1 saturated heterocycles. The molecule has 0 unspecified atom stereocenters. The van der Waals surface area contributed by atoms with E-state index in [1.165, 1.54) is 28.8 Å². The smallest absolute Gasteiger partial charge is 0.266 e. The summed E-state index contributed by atoms with van der Waals surface area (Å²) in [6.07, 6.45) is 3.42. The summed E-state index contributed by atoms with van der Waals surface area (Å²) in [5.41, 5.74) is 1.61. The normalized spacial score (nSPS) is 15.0. The largest absolute Gasteiger partial charge is 0.490 e. The summed E-state index contributed by atoms with van der Waals surface area (Å²) >= 11 is 10.1. The van der Waals surface area contributed by atoms with Gasteiger partial charge in [-0.05, 0) is 64.3 Å². The Hall–Kier alpha value is -2.16. The van der Waals surface area contributed by atoms with Crippen molar-refractivity contribution in [3.05, 3.63) is 75.4 Å². The molecule has 1 aliphatic rings. The molecule has 0 N–H and O–H groups in total. The summed E-state index contributed by atoms with van der Waals surface area (Å²) in [7, 11) is 0. The summed E-state index contributed by atoms with van der Waals surface area (Å²) in [5, 5.41) is 0. The number of rotatable bonds is 8. The van der Waals surface area contributed by atoms with Crippen molar-refractivity contribution >= 4 is 56.2 Å². The fraction of sp³-hybridized carbons (Fsp3) is 0.182. The number of nitrogens with zero attached hydrogens (tertiary/aromatic N) is 1. The average molecular weight is 508 g/mol. The molecule has 0 bridgehead atoms. The Balaban J connectivity index is 1.85. The number of ether oxygens (including phenoxy) is 2. The number of hydrogen-bond donors (Lipinski definition) is 0. The predicted octanol–water partition coefficient (Wildman–Crippen LogP) is 5.95. The molecule has 8 heteroatoms. The fourth-order valence-corrected chi connectivity index (χ4v) is 4.60. The van der Waals surface area contributed by atoms with Crippen LogP contribution in [-0.4, -0.2) is 28.3 Å². The average Bonchev–Trinajstić information content (AvgIpc) is 2.97. The van der Waals surface area contributed by atoms with Crippen LogP contribution in [0.5, 0.6) is 11.5 Å². The number of amides is 1. The van der Waals surface area contributed by atoms with Gasteiger partial charge in [0.05, 0.1) is 16.0 Å². The SMILES string of the molecule is C=CCN1C(=O)/C(=C/c2cc(Br)c(OCc3ccc(F)cc3)c(OCC)c2)SC1=S. The third-order valence-corrected chi connectivity index (χ3v) is 6.08.